The van der Waals surface area contributed by atoms with Crippen LogP contribution in [0.3, 0.4) is 0 Å². The van der Waals surface area contributed by atoms with Crippen LogP contribution in [-0.2, 0) is 4.79 Å². The maximum absolute atomic E-state index is 12.0. The molecule has 0 saturated heterocycles. The van der Waals surface area contributed by atoms with E-state index < -0.39 is 0 Å². The highest BCUT2D eigenvalue weighted by Gasteiger charge is 2.16. The van der Waals surface area contributed by atoms with Gasteiger partial charge in [0.05, 0.1) is 6.04 Å². The molecule has 1 atom stereocenters. The van der Waals surface area contributed by atoms with Gasteiger partial charge < -0.3 is 16.0 Å². The van der Waals surface area contributed by atoms with Crippen molar-refractivity contribution in [1.29, 1.82) is 0 Å². The van der Waals surface area contributed by atoms with Gasteiger partial charge in [0.25, 0.3) is 0 Å². The summed E-state index contributed by atoms with van der Waals surface area (Å²) in [4.78, 5) is 23.8. The first-order valence-electron chi connectivity index (χ1n) is 8.64. The fraction of sp³-hybridized carbons (Fsp3) is 0.556. The van der Waals surface area contributed by atoms with Crippen molar-refractivity contribution >= 4 is 27.9 Å². The molecule has 1 fully saturated rings. The Kier molecular flexibility index (Phi) is 7.56. The molecule has 24 heavy (non-hydrogen) atoms. The Hall–Kier alpha value is -1.56. The zero-order valence-electron chi connectivity index (χ0n) is 14.1. The second-order valence-electron chi connectivity index (χ2n) is 6.30. The van der Waals surface area contributed by atoms with E-state index in [2.05, 4.69) is 31.9 Å². The van der Waals surface area contributed by atoms with Crippen molar-refractivity contribution in [3.8, 4) is 0 Å². The maximum Gasteiger partial charge on any atom is 0.315 e. The highest BCUT2D eigenvalue weighted by molar-refractivity contribution is 9.10. The van der Waals surface area contributed by atoms with Gasteiger partial charge in [-0.1, -0.05) is 53.4 Å². The van der Waals surface area contributed by atoms with Gasteiger partial charge in [-0.3, -0.25) is 4.79 Å². The largest absolute Gasteiger partial charge is 0.349 e. The minimum atomic E-state index is -0.173. The van der Waals surface area contributed by atoms with Gasteiger partial charge in [-0.05, 0) is 31.4 Å². The number of benzene rings is 1. The SMILES string of the molecule is CC(NC(=O)CCNC(=O)NC1CCCCC1)c1ccccc1Br. The van der Waals surface area contributed by atoms with E-state index in [9.17, 15) is 9.59 Å². The van der Waals surface area contributed by atoms with E-state index in [0.717, 1.165) is 22.9 Å². The van der Waals surface area contributed by atoms with Gasteiger partial charge in [-0.2, -0.15) is 0 Å². The predicted octanol–water partition coefficient (Wildman–Crippen LogP) is 3.65. The molecule has 0 radical (unpaired) electrons. The number of rotatable bonds is 6. The van der Waals surface area contributed by atoms with E-state index in [0.29, 0.717) is 6.54 Å². The summed E-state index contributed by atoms with van der Waals surface area (Å²) in [7, 11) is 0. The minimum Gasteiger partial charge on any atom is -0.349 e. The molecule has 1 aliphatic rings. The van der Waals surface area contributed by atoms with Crippen LogP contribution < -0.4 is 16.0 Å². The van der Waals surface area contributed by atoms with Crippen LogP contribution in [-0.4, -0.2) is 24.5 Å². The van der Waals surface area contributed by atoms with Gasteiger partial charge in [0.15, 0.2) is 0 Å². The van der Waals surface area contributed by atoms with Crippen molar-refractivity contribution in [3.63, 3.8) is 0 Å². The Balaban J connectivity index is 1.65. The maximum atomic E-state index is 12.0. The first-order valence-corrected chi connectivity index (χ1v) is 9.43. The lowest BCUT2D eigenvalue weighted by Crippen LogP contribution is -2.43. The summed E-state index contributed by atoms with van der Waals surface area (Å²) < 4.78 is 0.975. The molecule has 1 saturated carbocycles. The molecule has 5 nitrogen and oxygen atoms in total. The molecule has 1 aliphatic carbocycles. The number of amides is 3. The summed E-state index contributed by atoms with van der Waals surface area (Å²) in [6.07, 6.45) is 6.00. The van der Waals surface area contributed by atoms with E-state index in [1.54, 1.807) is 0 Å². The second kappa shape index (κ2) is 9.67. The first kappa shape index (κ1) is 18.8. The first-order chi connectivity index (χ1) is 11.6. The van der Waals surface area contributed by atoms with E-state index in [1.165, 1.54) is 19.3 Å². The predicted molar refractivity (Wildman–Crippen MR) is 98.7 cm³/mol. The molecule has 6 heteroatoms. The summed E-state index contributed by atoms with van der Waals surface area (Å²) in [6, 6.07) is 7.84. The molecule has 0 spiro atoms. The standard InChI is InChI=1S/C18H26BrN3O2/c1-13(15-9-5-6-10-16(15)19)21-17(23)11-12-20-18(24)22-14-7-3-2-4-8-14/h5-6,9-10,13-14H,2-4,7-8,11-12H2,1H3,(H,21,23)(H2,20,22,24). The Morgan fingerprint density at radius 2 is 1.92 bits per heavy atom. The van der Waals surface area contributed by atoms with Gasteiger partial charge in [0.1, 0.15) is 0 Å². The van der Waals surface area contributed by atoms with E-state index in [1.807, 2.05) is 31.2 Å². The third-order valence-corrected chi connectivity index (χ3v) is 5.05. The summed E-state index contributed by atoms with van der Waals surface area (Å²) >= 11 is 3.49. The molecule has 0 heterocycles. The van der Waals surface area contributed by atoms with Gasteiger partial charge >= 0.3 is 6.03 Å². The minimum absolute atomic E-state index is 0.0729. The normalized spacial score (nSPS) is 16.2. The molecular weight excluding hydrogens is 370 g/mol. The molecule has 3 amide bonds. The third kappa shape index (κ3) is 6.15. The molecule has 2 rings (SSSR count). The fourth-order valence-electron chi connectivity index (χ4n) is 2.99. The Bertz CT molecular complexity index is 559. The fourth-order valence-corrected chi connectivity index (χ4v) is 3.62. The van der Waals surface area contributed by atoms with Crippen molar-refractivity contribution in [2.45, 2.75) is 57.5 Å². The molecule has 3 N–H and O–H groups in total. The van der Waals surface area contributed by atoms with Crippen molar-refractivity contribution < 1.29 is 9.59 Å². The Morgan fingerprint density at radius 1 is 1.21 bits per heavy atom. The average Bonchev–Trinajstić information content (AvgIpc) is 2.56. The topological polar surface area (TPSA) is 70.2 Å². The summed E-state index contributed by atoms with van der Waals surface area (Å²) in [5.74, 6) is -0.0729. The monoisotopic (exact) mass is 395 g/mol. The van der Waals surface area contributed by atoms with Crippen molar-refractivity contribution in [2.75, 3.05) is 6.54 Å². The Morgan fingerprint density at radius 3 is 2.62 bits per heavy atom. The molecule has 132 valence electrons. The van der Waals surface area contributed by atoms with Crippen molar-refractivity contribution in [2.24, 2.45) is 0 Å². The van der Waals surface area contributed by atoms with Gasteiger partial charge in [-0.15, -0.1) is 0 Å². The zero-order valence-corrected chi connectivity index (χ0v) is 15.7. The lowest BCUT2D eigenvalue weighted by Gasteiger charge is -2.22. The van der Waals surface area contributed by atoms with Crippen LogP contribution in [0.25, 0.3) is 0 Å². The number of carbonyl (C=O) groups is 2. The van der Waals surface area contributed by atoms with Crippen LogP contribution >= 0.6 is 15.9 Å². The van der Waals surface area contributed by atoms with Crippen molar-refractivity contribution in [1.82, 2.24) is 16.0 Å². The third-order valence-electron chi connectivity index (χ3n) is 4.33. The molecular formula is C18H26BrN3O2. The highest BCUT2D eigenvalue weighted by atomic mass is 79.9. The molecule has 1 aromatic carbocycles. The quantitative estimate of drug-likeness (QED) is 0.687. The van der Waals surface area contributed by atoms with Gasteiger partial charge in [0, 0.05) is 23.5 Å². The second-order valence-corrected chi connectivity index (χ2v) is 7.15. The molecule has 0 aliphatic heterocycles. The molecule has 0 aromatic heterocycles. The van der Waals surface area contributed by atoms with Gasteiger partial charge in [0.2, 0.25) is 5.91 Å². The van der Waals surface area contributed by atoms with Crippen LogP contribution in [0.15, 0.2) is 28.7 Å². The lowest BCUT2D eigenvalue weighted by atomic mass is 9.96. The summed E-state index contributed by atoms with van der Waals surface area (Å²) in [5.41, 5.74) is 1.04. The smallest absolute Gasteiger partial charge is 0.315 e. The van der Waals surface area contributed by atoms with Crippen LogP contribution in [0, 0.1) is 0 Å². The zero-order chi connectivity index (χ0) is 17.4. The average molecular weight is 396 g/mol. The number of hydrogen-bond donors (Lipinski definition) is 3. The van der Waals surface area contributed by atoms with Crippen LogP contribution in [0.4, 0.5) is 4.79 Å². The number of hydrogen-bond acceptors (Lipinski definition) is 2. The molecule has 1 unspecified atom stereocenters. The van der Waals surface area contributed by atoms with Gasteiger partial charge in [-0.25, -0.2) is 4.79 Å². The van der Waals surface area contributed by atoms with E-state index in [-0.39, 0.29) is 30.4 Å². The van der Waals surface area contributed by atoms with Crippen molar-refractivity contribution in [3.05, 3.63) is 34.3 Å². The number of halogens is 1. The number of nitrogens with one attached hydrogen (secondary N) is 3. The van der Waals surface area contributed by atoms with E-state index >= 15 is 0 Å². The van der Waals surface area contributed by atoms with E-state index in [4.69, 9.17) is 0 Å². The van der Waals surface area contributed by atoms with Crippen LogP contribution in [0.2, 0.25) is 0 Å². The van der Waals surface area contributed by atoms with Crippen LogP contribution in [0.1, 0.15) is 57.1 Å². The number of urea groups is 1. The molecule has 0 bridgehead atoms. The highest BCUT2D eigenvalue weighted by Crippen LogP contribution is 2.22. The Labute approximate surface area is 152 Å². The number of carbonyl (C=O) groups excluding carboxylic acids is 2. The summed E-state index contributed by atoms with van der Waals surface area (Å²) in [6.45, 7) is 2.29. The lowest BCUT2D eigenvalue weighted by molar-refractivity contribution is -0.121. The molecule has 1 aromatic rings. The van der Waals surface area contributed by atoms with Crippen LogP contribution in [0.5, 0.6) is 0 Å². The summed E-state index contributed by atoms with van der Waals surface area (Å²) in [5, 5.41) is 8.70.